The first-order valence-corrected chi connectivity index (χ1v) is 12.2. The van der Waals surface area contributed by atoms with Gasteiger partial charge in [-0.15, -0.1) is 11.3 Å². The molecule has 1 aliphatic rings. The van der Waals surface area contributed by atoms with Crippen LogP contribution in [0.3, 0.4) is 0 Å². The minimum atomic E-state index is -0.172. The summed E-state index contributed by atoms with van der Waals surface area (Å²) in [5.41, 5.74) is 3.95. The fourth-order valence-electron chi connectivity index (χ4n) is 4.37. The zero-order chi connectivity index (χ0) is 24.6. The van der Waals surface area contributed by atoms with Crippen LogP contribution in [0, 0.1) is 0 Å². The van der Waals surface area contributed by atoms with Gasteiger partial charge in [0.2, 0.25) is 0 Å². The standard InChI is InChI=1S/C29H26N2O3S/c1-29(2)17-20-10-13-22(34-3)15-23(20)24(31-29)16-25(32)18-8-11-21(12-9-18)30-28(33)27-14-19-6-4-5-7-26(19)35-27/h4-16,31H,17H2,1-3H3,(H,30,33). The molecule has 0 saturated heterocycles. The second-order valence-electron chi connectivity index (χ2n) is 9.31. The lowest BCUT2D eigenvalue weighted by Crippen LogP contribution is -2.43. The van der Waals surface area contributed by atoms with Crippen LogP contribution in [0.25, 0.3) is 15.8 Å². The first-order valence-electron chi connectivity index (χ1n) is 11.4. The van der Waals surface area contributed by atoms with Gasteiger partial charge in [0.25, 0.3) is 5.91 Å². The Hall–Kier alpha value is -3.90. The minimum absolute atomic E-state index is 0.110. The Morgan fingerprint density at radius 1 is 1.03 bits per heavy atom. The Bertz CT molecular complexity index is 1430. The fraction of sp³-hybridized carbons (Fsp3) is 0.172. The molecular weight excluding hydrogens is 456 g/mol. The highest BCUT2D eigenvalue weighted by Gasteiger charge is 2.28. The summed E-state index contributed by atoms with van der Waals surface area (Å²) < 4.78 is 6.46. The number of carbonyl (C=O) groups is 2. The van der Waals surface area contributed by atoms with Gasteiger partial charge in [0.05, 0.1) is 12.0 Å². The molecule has 4 aromatic rings. The summed E-state index contributed by atoms with van der Waals surface area (Å²) in [5.74, 6) is 0.482. The number of fused-ring (bicyclic) bond motifs is 2. The summed E-state index contributed by atoms with van der Waals surface area (Å²) >= 11 is 1.46. The molecule has 1 aromatic heterocycles. The molecular formula is C29H26N2O3S. The number of benzene rings is 3. The van der Waals surface area contributed by atoms with Gasteiger partial charge in [-0.1, -0.05) is 24.3 Å². The van der Waals surface area contributed by atoms with Crippen molar-refractivity contribution >= 4 is 44.5 Å². The van der Waals surface area contributed by atoms with Crippen molar-refractivity contribution in [3.63, 3.8) is 0 Å². The second-order valence-corrected chi connectivity index (χ2v) is 10.4. The van der Waals surface area contributed by atoms with Crippen LogP contribution < -0.4 is 15.4 Å². The van der Waals surface area contributed by atoms with Crippen molar-refractivity contribution < 1.29 is 14.3 Å². The van der Waals surface area contributed by atoms with Crippen molar-refractivity contribution in [1.29, 1.82) is 0 Å². The molecule has 35 heavy (non-hydrogen) atoms. The molecule has 0 spiro atoms. The largest absolute Gasteiger partial charge is 0.497 e. The number of hydrogen-bond acceptors (Lipinski definition) is 5. The van der Waals surface area contributed by atoms with Gasteiger partial charge >= 0.3 is 0 Å². The Kier molecular flexibility index (Phi) is 5.91. The molecule has 3 aromatic carbocycles. The highest BCUT2D eigenvalue weighted by Crippen LogP contribution is 2.32. The highest BCUT2D eigenvalue weighted by molar-refractivity contribution is 7.20. The second kappa shape index (κ2) is 9.04. The monoisotopic (exact) mass is 482 g/mol. The fourth-order valence-corrected chi connectivity index (χ4v) is 5.33. The van der Waals surface area contributed by atoms with Crippen molar-refractivity contribution in [2.75, 3.05) is 12.4 Å². The lowest BCUT2D eigenvalue weighted by Gasteiger charge is -2.35. The Morgan fingerprint density at radius 3 is 2.54 bits per heavy atom. The van der Waals surface area contributed by atoms with Crippen LogP contribution in [0.2, 0.25) is 0 Å². The van der Waals surface area contributed by atoms with Gasteiger partial charge in [-0.05, 0) is 79.7 Å². The number of anilines is 1. The van der Waals surface area contributed by atoms with Gasteiger partial charge in [0.1, 0.15) is 5.75 Å². The average Bonchev–Trinajstić information content (AvgIpc) is 3.28. The number of thiophene rings is 1. The smallest absolute Gasteiger partial charge is 0.265 e. The zero-order valence-corrected chi connectivity index (χ0v) is 20.7. The third kappa shape index (κ3) is 4.84. The van der Waals surface area contributed by atoms with E-state index in [2.05, 4.69) is 30.5 Å². The number of ether oxygens (including phenoxy) is 1. The lowest BCUT2D eigenvalue weighted by molar-refractivity contribution is 0.102. The van der Waals surface area contributed by atoms with Crippen LogP contribution in [0.5, 0.6) is 5.75 Å². The van der Waals surface area contributed by atoms with Gasteiger partial charge in [-0.2, -0.15) is 0 Å². The summed E-state index contributed by atoms with van der Waals surface area (Å²) in [6, 6.07) is 22.8. The maximum absolute atomic E-state index is 13.1. The predicted octanol–water partition coefficient (Wildman–Crippen LogP) is 6.31. The number of amides is 1. The third-order valence-electron chi connectivity index (χ3n) is 6.06. The van der Waals surface area contributed by atoms with E-state index in [1.165, 1.54) is 16.9 Å². The van der Waals surface area contributed by atoms with Crippen LogP contribution in [-0.2, 0) is 6.42 Å². The normalized spacial score (nSPS) is 15.3. The molecule has 1 aliphatic heterocycles. The SMILES string of the molecule is COc1ccc2c(c1)C(=CC(=O)c1ccc(NC(=O)c3cc4ccccc4s3)cc1)NC(C)(C)C2. The van der Waals surface area contributed by atoms with E-state index in [0.717, 1.165) is 33.5 Å². The molecule has 5 nitrogen and oxygen atoms in total. The zero-order valence-electron chi connectivity index (χ0n) is 19.8. The lowest BCUT2D eigenvalue weighted by atomic mass is 9.85. The Morgan fingerprint density at radius 2 is 1.80 bits per heavy atom. The summed E-state index contributed by atoms with van der Waals surface area (Å²) in [6.45, 7) is 4.24. The molecule has 0 bridgehead atoms. The van der Waals surface area contributed by atoms with Crippen molar-refractivity contribution in [3.05, 3.63) is 100 Å². The molecule has 2 N–H and O–H groups in total. The van der Waals surface area contributed by atoms with E-state index in [-0.39, 0.29) is 17.2 Å². The van der Waals surface area contributed by atoms with E-state index >= 15 is 0 Å². The molecule has 0 unspecified atom stereocenters. The van der Waals surface area contributed by atoms with Crippen LogP contribution in [0.1, 0.15) is 45.0 Å². The topological polar surface area (TPSA) is 67.4 Å². The maximum atomic E-state index is 13.1. The van der Waals surface area contributed by atoms with Crippen LogP contribution >= 0.6 is 11.3 Å². The first kappa shape index (κ1) is 22.9. The van der Waals surface area contributed by atoms with Gasteiger partial charge in [-0.25, -0.2) is 0 Å². The molecule has 0 saturated carbocycles. The first-order chi connectivity index (χ1) is 16.8. The van der Waals surface area contributed by atoms with E-state index in [1.54, 1.807) is 37.5 Å². The molecule has 5 rings (SSSR count). The van der Waals surface area contributed by atoms with Crippen molar-refractivity contribution in [2.45, 2.75) is 25.8 Å². The van der Waals surface area contributed by atoms with Gasteiger partial charge in [0, 0.05) is 38.8 Å². The van der Waals surface area contributed by atoms with Gasteiger partial charge in [-0.3, -0.25) is 9.59 Å². The summed E-state index contributed by atoms with van der Waals surface area (Å²) in [6.07, 6.45) is 2.50. The maximum Gasteiger partial charge on any atom is 0.265 e. The quantitative estimate of drug-likeness (QED) is 0.258. The minimum Gasteiger partial charge on any atom is -0.497 e. The predicted molar refractivity (Wildman–Crippen MR) is 142 cm³/mol. The van der Waals surface area contributed by atoms with Crippen LogP contribution in [-0.4, -0.2) is 24.3 Å². The number of ketones is 1. The van der Waals surface area contributed by atoms with Crippen LogP contribution in [0.15, 0.2) is 78.9 Å². The number of hydrogen-bond donors (Lipinski definition) is 2. The molecule has 0 aliphatic carbocycles. The van der Waals surface area contributed by atoms with Gasteiger partial charge in [0.15, 0.2) is 5.78 Å². The highest BCUT2D eigenvalue weighted by atomic mass is 32.1. The number of nitrogens with one attached hydrogen (secondary N) is 2. The van der Waals surface area contributed by atoms with Gasteiger partial charge < -0.3 is 15.4 Å². The number of carbonyl (C=O) groups excluding carboxylic acids is 2. The van der Waals surface area contributed by atoms with E-state index in [1.807, 2.05) is 42.5 Å². The molecule has 2 heterocycles. The van der Waals surface area contributed by atoms with E-state index in [4.69, 9.17) is 4.74 Å². The molecule has 1 amide bonds. The molecule has 6 heteroatoms. The number of allylic oxidation sites excluding steroid dienone is 1. The Balaban J connectivity index is 1.35. The van der Waals surface area contributed by atoms with E-state index < -0.39 is 0 Å². The molecule has 176 valence electrons. The summed E-state index contributed by atoms with van der Waals surface area (Å²) in [4.78, 5) is 26.5. The van der Waals surface area contributed by atoms with Crippen LogP contribution in [0.4, 0.5) is 5.69 Å². The summed E-state index contributed by atoms with van der Waals surface area (Å²) in [7, 11) is 1.64. The molecule has 0 atom stereocenters. The molecule has 0 radical (unpaired) electrons. The van der Waals surface area contributed by atoms with Crippen molar-refractivity contribution in [2.24, 2.45) is 0 Å². The Labute approximate surface area is 208 Å². The van der Waals surface area contributed by atoms with E-state index in [0.29, 0.717) is 16.1 Å². The van der Waals surface area contributed by atoms with E-state index in [9.17, 15) is 9.59 Å². The summed E-state index contributed by atoms with van der Waals surface area (Å²) in [5, 5.41) is 7.47. The third-order valence-corrected chi connectivity index (χ3v) is 7.18. The average molecular weight is 483 g/mol. The van der Waals surface area contributed by atoms with Crippen molar-refractivity contribution in [3.8, 4) is 5.75 Å². The number of rotatable bonds is 5. The van der Waals surface area contributed by atoms with Crippen molar-refractivity contribution in [1.82, 2.24) is 5.32 Å². The molecule has 0 fully saturated rings. The number of methoxy groups -OCH3 is 1.